The van der Waals surface area contributed by atoms with Crippen molar-refractivity contribution < 1.29 is 4.79 Å². The zero-order valence-electron chi connectivity index (χ0n) is 14.2. The number of ketones is 1. The van der Waals surface area contributed by atoms with Crippen LogP contribution < -0.4 is 5.56 Å². The fraction of sp³-hybridized carbons (Fsp3) is 0.150. The van der Waals surface area contributed by atoms with Crippen LogP contribution in [0.1, 0.15) is 17.3 Å². The van der Waals surface area contributed by atoms with Crippen LogP contribution in [0.5, 0.6) is 0 Å². The number of benzene rings is 2. The minimum Gasteiger partial charge on any atom is -0.293 e. The molecule has 2 aromatic carbocycles. The van der Waals surface area contributed by atoms with Gasteiger partial charge in [0.2, 0.25) is 0 Å². The van der Waals surface area contributed by atoms with E-state index in [-0.39, 0.29) is 17.1 Å². The standard InChI is InChI=1S/C20H17IN2O2S/c1-13(2)11-23-19(25)16-10-15(21)8-9-17(16)22-20(23)26-12-18(24)14-6-4-3-5-7-14/h3-10H,1,11-12H2,2H3. The molecule has 0 amide bonds. The van der Waals surface area contributed by atoms with Gasteiger partial charge >= 0.3 is 0 Å². The van der Waals surface area contributed by atoms with Crippen molar-refractivity contribution >= 4 is 51.0 Å². The second-order valence-corrected chi connectivity index (χ2v) is 8.17. The highest BCUT2D eigenvalue weighted by Gasteiger charge is 2.14. The Bertz CT molecular complexity index is 1040. The molecule has 0 radical (unpaired) electrons. The summed E-state index contributed by atoms with van der Waals surface area (Å²) < 4.78 is 2.58. The number of carbonyl (C=O) groups is 1. The second kappa shape index (κ2) is 8.18. The van der Waals surface area contributed by atoms with Crippen molar-refractivity contribution in [2.75, 3.05) is 5.75 Å². The first-order valence-corrected chi connectivity index (χ1v) is 10.1. The molecule has 0 spiro atoms. The molecule has 0 unspecified atom stereocenters. The van der Waals surface area contributed by atoms with Gasteiger partial charge in [0.1, 0.15) is 0 Å². The van der Waals surface area contributed by atoms with Crippen LogP contribution >= 0.6 is 34.4 Å². The quantitative estimate of drug-likeness (QED) is 0.172. The number of aromatic nitrogens is 2. The van der Waals surface area contributed by atoms with E-state index in [9.17, 15) is 9.59 Å². The van der Waals surface area contributed by atoms with E-state index in [1.165, 1.54) is 11.8 Å². The number of fused-ring (bicyclic) bond motifs is 1. The monoisotopic (exact) mass is 476 g/mol. The molecule has 0 aliphatic heterocycles. The van der Waals surface area contributed by atoms with Gasteiger partial charge in [-0.25, -0.2) is 4.98 Å². The van der Waals surface area contributed by atoms with E-state index in [2.05, 4.69) is 34.2 Å². The van der Waals surface area contributed by atoms with Crippen molar-refractivity contribution in [1.82, 2.24) is 9.55 Å². The summed E-state index contributed by atoms with van der Waals surface area (Å²) in [6.07, 6.45) is 0. The van der Waals surface area contributed by atoms with E-state index in [0.29, 0.717) is 28.2 Å². The Morgan fingerprint density at radius 1 is 1.23 bits per heavy atom. The molecule has 0 saturated heterocycles. The molecule has 0 fully saturated rings. The Morgan fingerprint density at radius 3 is 2.65 bits per heavy atom. The highest BCUT2D eigenvalue weighted by molar-refractivity contribution is 14.1. The number of nitrogens with zero attached hydrogens (tertiary/aromatic N) is 2. The van der Waals surface area contributed by atoms with Crippen molar-refractivity contribution in [3.05, 3.63) is 80.2 Å². The number of Topliss-reactive ketones (excluding diaryl/α,β-unsaturated/α-hetero) is 1. The van der Waals surface area contributed by atoms with E-state index >= 15 is 0 Å². The number of carbonyl (C=O) groups excluding carboxylic acids is 1. The summed E-state index contributed by atoms with van der Waals surface area (Å²) in [5, 5.41) is 1.12. The third-order valence-corrected chi connectivity index (χ3v) is 5.38. The summed E-state index contributed by atoms with van der Waals surface area (Å²) in [5.41, 5.74) is 2.05. The van der Waals surface area contributed by atoms with Crippen LogP contribution in [-0.4, -0.2) is 21.1 Å². The molecule has 0 atom stereocenters. The van der Waals surface area contributed by atoms with Crippen LogP contribution in [-0.2, 0) is 6.54 Å². The Morgan fingerprint density at radius 2 is 1.96 bits per heavy atom. The van der Waals surface area contributed by atoms with Gasteiger partial charge in [-0.15, -0.1) is 0 Å². The fourth-order valence-corrected chi connectivity index (χ4v) is 3.91. The summed E-state index contributed by atoms with van der Waals surface area (Å²) in [6, 6.07) is 14.7. The van der Waals surface area contributed by atoms with Gasteiger partial charge < -0.3 is 0 Å². The third-order valence-electron chi connectivity index (χ3n) is 3.74. The molecule has 132 valence electrons. The first-order valence-electron chi connectivity index (χ1n) is 8.01. The predicted octanol–water partition coefficient (Wildman–Crippen LogP) is 4.55. The van der Waals surface area contributed by atoms with Crippen LogP contribution in [0.25, 0.3) is 10.9 Å². The lowest BCUT2D eigenvalue weighted by Gasteiger charge is -2.13. The number of halogens is 1. The number of hydrogen-bond acceptors (Lipinski definition) is 4. The maximum absolute atomic E-state index is 12.9. The first-order chi connectivity index (χ1) is 12.5. The zero-order chi connectivity index (χ0) is 18.7. The van der Waals surface area contributed by atoms with E-state index in [1.54, 1.807) is 16.7 Å². The SMILES string of the molecule is C=C(C)Cn1c(SCC(=O)c2ccccc2)nc2ccc(I)cc2c1=O. The summed E-state index contributed by atoms with van der Waals surface area (Å²) in [5.74, 6) is 0.233. The van der Waals surface area contributed by atoms with Crippen LogP contribution in [0.3, 0.4) is 0 Å². The summed E-state index contributed by atoms with van der Waals surface area (Å²) >= 11 is 3.46. The minimum absolute atomic E-state index is 0.00873. The van der Waals surface area contributed by atoms with Crippen molar-refractivity contribution in [3.63, 3.8) is 0 Å². The fourth-order valence-electron chi connectivity index (χ4n) is 2.53. The lowest BCUT2D eigenvalue weighted by molar-refractivity contribution is 0.102. The summed E-state index contributed by atoms with van der Waals surface area (Å²) in [7, 11) is 0. The lowest BCUT2D eigenvalue weighted by atomic mass is 10.2. The second-order valence-electron chi connectivity index (χ2n) is 5.98. The Balaban J connectivity index is 1.98. The Labute approximate surface area is 169 Å². The van der Waals surface area contributed by atoms with Gasteiger partial charge in [-0.2, -0.15) is 0 Å². The van der Waals surface area contributed by atoms with Crippen molar-refractivity contribution in [2.45, 2.75) is 18.6 Å². The van der Waals surface area contributed by atoms with E-state index in [4.69, 9.17) is 0 Å². The van der Waals surface area contributed by atoms with Crippen LogP contribution in [0, 0.1) is 3.57 Å². The smallest absolute Gasteiger partial charge is 0.262 e. The maximum atomic E-state index is 12.9. The van der Waals surface area contributed by atoms with Gasteiger partial charge in [0.05, 0.1) is 16.7 Å². The minimum atomic E-state index is -0.105. The van der Waals surface area contributed by atoms with E-state index < -0.39 is 0 Å². The molecule has 3 rings (SSSR count). The van der Waals surface area contributed by atoms with Crippen molar-refractivity contribution in [1.29, 1.82) is 0 Å². The lowest BCUT2D eigenvalue weighted by Crippen LogP contribution is -2.24. The molecule has 4 nitrogen and oxygen atoms in total. The van der Waals surface area contributed by atoms with Gasteiger partial charge in [-0.1, -0.05) is 54.2 Å². The summed E-state index contributed by atoms with van der Waals surface area (Å²) in [4.78, 5) is 29.9. The predicted molar refractivity (Wildman–Crippen MR) is 115 cm³/mol. The molecular formula is C20H17IN2O2S. The highest BCUT2D eigenvalue weighted by Crippen LogP contribution is 2.21. The van der Waals surface area contributed by atoms with Crippen LogP contribution in [0.2, 0.25) is 0 Å². The molecule has 0 bridgehead atoms. The topological polar surface area (TPSA) is 52.0 Å². The molecule has 0 N–H and O–H groups in total. The van der Waals surface area contributed by atoms with E-state index in [1.807, 2.05) is 43.3 Å². The normalized spacial score (nSPS) is 10.8. The summed E-state index contributed by atoms with van der Waals surface area (Å²) in [6.45, 7) is 6.16. The molecule has 26 heavy (non-hydrogen) atoms. The molecule has 1 aromatic heterocycles. The van der Waals surface area contributed by atoms with Gasteiger partial charge in [0, 0.05) is 15.7 Å². The van der Waals surface area contributed by atoms with Gasteiger partial charge in [-0.3, -0.25) is 14.2 Å². The molecule has 3 aromatic rings. The van der Waals surface area contributed by atoms with Crippen molar-refractivity contribution in [3.8, 4) is 0 Å². The maximum Gasteiger partial charge on any atom is 0.262 e. The van der Waals surface area contributed by atoms with Gasteiger partial charge in [0.25, 0.3) is 5.56 Å². The largest absolute Gasteiger partial charge is 0.293 e. The van der Waals surface area contributed by atoms with Crippen molar-refractivity contribution in [2.24, 2.45) is 0 Å². The molecule has 0 aliphatic rings. The number of allylic oxidation sites excluding steroid dienone is 1. The van der Waals surface area contributed by atoms with E-state index in [0.717, 1.165) is 9.14 Å². The average Bonchev–Trinajstić information content (AvgIpc) is 2.63. The third kappa shape index (κ3) is 4.24. The van der Waals surface area contributed by atoms with Crippen LogP contribution in [0.15, 0.2) is 70.6 Å². The molecular weight excluding hydrogens is 459 g/mol. The van der Waals surface area contributed by atoms with Gasteiger partial charge in [-0.05, 0) is 47.7 Å². The average molecular weight is 476 g/mol. The molecule has 1 heterocycles. The zero-order valence-corrected chi connectivity index (χ0v) is 17.2. The highest BCUT2D eigenvalue weighted by atomic mass is 127. The number of hydrogen-bond donors (Lipinski definition) is 0. The number of thioether (sulfide) groups is 1. The molecule has 6 heteroatoms. The Hall–Kier alpha value is -1.93. The number of rotatable bonds is 6. The molecule has 0 saturated carbocycles. The van der Waals surface area contributed by atoms with Gasteiger partial charge in [0.15, 0.2) is 10.9 Å². The molecule has 0 aliphatic carbocycles. The van der Waals surface area contributed by atoms with Crippen LogP contribution in [0.4, 0.5) is 0 Å². The Kier molecular flexibility index (Phi) is 5.93. The first kappa shape index (κ1) is 18.8.